The number of anilines is 1. The van der Waals surface area contributed by atoms with Crippen molar-refractivity contribution in [3.63, 3.8) is 0 Å². The van der Waals surface area contributed by atoms with Crippen molar-refractivity contribution in [3.05, 3.63) is 48.0 Å². The van der Waals surface area contributed by atoms with Crippen molar-refractivity contribution in [1.29, 1.82) is 0 Å². The smallest absolute Gasteiger partial charge is 0.226 e. The molecular weight excluding hydrogens is 388 g/mol. The minimum absolute atomic E-state index is 0.286. The highest BCUT2D eigenvalue weighted by molar-refractivity contribution is 7.90. The summed E-state index contributed by atoms with van der Waals surface area (Å²) in [7, 11) is -3.27. The van der Waals surface area contributed by atoms with Gasteiger partial charge >= 0.3 is 0 Å². The van der Waals surface area contributed by atoms with Crippen LogP contribution >= 0.6 is 0 Å². The van der Waals surface area contributed by atoms with E-state index in [1.165, 1.54) is 6.26 Å². The molecule has 3 aromatic rings. The van der Waals surface area contributed by atoms with Crippen molar-refractivity contribution in [1.82, 2.24) is 15.3 Å². The highest BCUT2D eigenvalue weighted by Gasteiger charge is 2.21. The SMILES string of the molecule is Cc1nc(N2CCC(NCCc3ccco3)CC2)nc2cc(S(C)(=O)=O)ccc12. The first-order valence-corrected chi connectivity index (χ1v) is 11.8. The molecule has 1 N–H and O–H groups in total. The molecule has 0 amide bonds. The predicted molar refractivity (Wildman–Crippen MR) is 113 cm³/mol. The number of benzene rings is 1. The number of sulfone groups is 1. The Labute approximate surface area is 171 Å². The van der Waals surface area contributed by atoms with Gasteiger partial charge in [0.15, 0.2) is 9.84 Å². The molecule has 0 radical (unpaired) electrons. The summed E-state index contributed by atoms with van der Waals surface area (Å²) in [6.45, 7) is 4.58. The Hall–Kier alpha value is -2.45. The highest BCUT2D eigenvalue weighted by Crippen LogP contribution is 2.24. The van der Waals surface area contributed by atoms with Crippen molar-refractivity contribution in [3.8, 4) is 0 Å². The summed E-state index contributed by atoms with van der Waals surface area (Å²) < 4.78 is 29.1. The molecule has 29 heavy (non-hydrogen) atoms. The fourth-order valence-corrected chi connectivity index (χ4v) is 4.40. The third kappa shape index (κ3) is 4.59. The minimum Gasteiger partial charge on any atom is -0.469 e. The second-order valence-electron chi connectivity index (χ2n) is 7.60. The van der Waals surface area contributed by atoms with E-state index in [9.17, 15) is 8.42 Å². The summed E-state index contributed by atoms with van der Waals surface area (Å²) in [5.74, 6) is 1.68. The molecule has 2 aromatic heterocycles. The normalized spacial score (nSPS) is 15.9. The largest absolute Gasteiger partial charge is 0.469 e. The van der Waals surface area contributed by atoms with Crippen LogP contribution in [0, 0.1) is 6.92 Å². The Morgan fingerprint density at radius 3 is 2.69 bits per heavy atom. The summed E-state index contributed by atoms with van der Waals surface area (Å²) in [5.41, 5.74) is 1.54. The van der Waals surface area contributed by atoms with Gasteiger partial charge in [0.25, 0.3) is 0 Å². The summed E-state index contributed by atoms with van der Waals surface area (Å²) in [6.07, 6.45) is 5.85. The maximum atomic E-state index is 11.9. The van der Waals surface area contributed by atoms with E-state index in [1.807, 2.05) is 19.1 Å². The molecule has 1 aromatic carbocycles. The van der Waals surface area contributed by atoms with Crippen LogP contribution < -0.4 is 10.2 Å². The first-order valence-electron chi connectivity index (χ1n) is 9.89. The Morgan fingerprint density at radius 2 is 2.00 bits per heavy atom. The first kappa shape index (κ1) is 19.8. The molecule has 0 saturated carbocycles. The lowest BCUT2D eigenvalue weighted by atomic mass is 10.1. The number of hydrogen-bond donors (Lipinski definition) is 1. The van der Waals surface area contributed by atoms with Crippen LogP contribution in [-0.2, 0) is 16.3 Å². The number of nitrogens with zero attached hydrogens (tertiary/aromatic N) is 3. The van der Waals surface area contributed by atoms with E-state index in [-0.39, 0.29) is 4.90 Å². The molecule has 0 atom stereocenters. The molecule has 0 aliphatic carbocycles. The standard InChI is InChI=1S/C21H26N4O3S/c1-15-19-6-5-18(29(2,26)27)14-20(19)24-21(23-15)25-11-8-16(9-12-25)22-10-7-17-4-3-13-28-17/h3-6,13-14,16,22H,7-12H2,1-2H3. The third-order valence-corrected chi connectivity index (χ3v) is 6.55. The molecule has 1 aliphatic rings. The molecule has 1 aliphatic heterocycles. The lowest BCUT2D eigenvalue weighted by Crippen LogP contribution is -2.43. The lowest BCUT2D eigenvalue weighted by Gasteiger charge is -2.32. The molecule has 8 heteroatoms. The zero-order valence-corrected chi connectivity index (χ0v) is 17.6. The Kier molecular flexibility index (Phi) is 5.56. The van der Waals surface area contributed by atoms with E-state index in [1.54, 1.807) is 24.5 Å². The number of rotatable bonds is 6. The van der Waals surface area contributed by atoms with Crippen LogP contribution in [0.2, 0.25) is 0 Å². The number of hydrogen-bond acceptors (Lipinski definition) is 7. The van der Waals surface area contributed by atoms with E-state index < -0.39 is 9.84 Å². The van der Waals surface area contributed by atoms with Crippen LogP contribution in [0.15, 0.2) is 45.9 Å². The number of furan rings is 1. The van der Waals surface area contributed by atoms with E-state index in [4.69, 9.17) is 4.42 Å². The maximum absolute atomic E-state index is 11.9. The van der Waals surface area contributed by atoms with E-state index >= 15 is 0 Å². The van der Waals surface area contributed by atoms with Crippen LogP contribution in [0.4, 0.5) is 5.95 Å². The summed E-state index contributed by atoms with van der Waals surface area (Å²) in [4.78, 5) is 11.8. The van der Waals surface area contributed by atoms with Gasteiger partial charge < -0.3 is 14.6 Å². The number of piperidine rings is 1. The van der Waals surface area contributed by atoms with Crippen LogP contribution in [-0.4, -0.2) is 50.3 Å². The molecule has 0 unspecified atom stereocenters. The van der Waals surface area contributed by atoms with E-state index in [2.05, 4.69) is 20.2 Å². The van der Waals surface area contributed by atoms with Gasteiger partial charge in [-0.25, -0.2) is 18.4 Å². The second-order valence-corrected chi connectivity index (χ2v) is 9.62. The zero-order chi connectivity index (χ0) is 20.4. The van der Waals surface area contributed by atoms with Gasteiger partial charge in [-0.1, -0.05) is 0 Å². The van der Waals surface area contributed by atoms with Crippen LogP contribution in [0.25, 0.3) is 10.9 Å². The number of aryl methyl sites for hydroxylation is 1. The molecule has 1 saturated heterocycles. The molecule has 7 nitrogen and oxygen atoms in total. The van der Waals surface area contributed by atoms with Gasteiger partial charge in [-0.15, -0.1) is 0 Å². The molecule has 4 rings (SSSR count). The van der Waals surface area contributed by atoms with Gasteiger partial charge in [-0.05, 0) is 50.1 Å². The molecule has 0 spiro atoms. The Balaban J connectivity index is 1.42. The number of nitrogens with one attached hydrogen (secondary N) is 1. The summed E-state index contributed by atoms with van der Waals surface area (Å²) in [6, 6.07) is 9.44. The maximum Gasteiger partial charge on any atom is 0.226 e. The number of aromatic nitrogens is 2. The molecule has 1 fully saturated rings. The average Bonchev–Trinajstić information content (AvgIpc) is 3.21. The molecule has 3 heterocycles. The minimum atomic E-state index is -3.27. The van der Waals surface area contributed by atoms with Crippen LogP contribution in [0.1, 0.15) is 24.3 Å². The lowest BCUT2D eigenvalue weighted by molar-refractivity contribution is 0.405. The molecular formula is C21H26N4O3S. The van der Waals surface area contributed by atoms with E-state index in [0.29, 0.717) is 17.5 Å². The Bertz CT molecular complexity index is 1090. The summed E-state index contributed by atoms with van der Waals surface area (Å²) in [5, 5.41) is 4.49. The van der Waals surface area contributed by atoms with Crippen molar-refractivity contribution in [2.45, 2.75) is 37.1 Å². The second kappa shape index (κ2) is 8.12. The summed E-state index contributed by atoms with van der Waals surface area (Å²) >= 11 is 0. The van der Waals surface area contributed by atoms with E-state index in [0.717, 1.165) is 55.7 Å². The van der Waals surface area contributed by atoms with Crippen molar-refractivity contribution >= 4 is 26.7 Å². The van der Waals surface area contributed by atoms with Crippen molar-refractivity contribution < 1.29 is 12.8 Å². The van der Waals surface area contributed by atoms with Crippen molar-refractivity contribution in [2.75, 3.05) is 30.8 Å². The van der Waals surface area contributed by atoms with Gasteiger partial charge in [0, 0.05) is 43.7 Å². The zero-order valence-electron chi connectivity index (χ0n) is 16.8. The van der Waals surface area contributed by atoms with Gasteiger partial charge in [-0.2, -0.15) is 0 Å². The number of fused-ring (bicyclic) bond motifs is 1. The highest BCUT2D eigenvalue weighted by atomic mass is 32.2. The fourth-order valence-electron chi connectivity index (χ4n) is 3.76. The third-order valence-electron chi connectivity index (χ3n) is 5.44. The van der Waals surface area contributed by atoms with Crippen LogP contribution in [0.3, 0.4) is 0 Å². The quantitative estimate of drug-likeness (QED) is 0.663. The van der Waals surface area contributed by atoms with Crippen molar-refractivity contribution in [2.24, 2.45) is 0 Å². The average molecular weight is 415 g/mol. The van der Waals surface area contributed by atoms with Gasteiger partial charge in [-0.3, -0.25) is 0 Å². The van der Waals surface area contributed by atoms with Gasteiger partial charge in [0.1, 0.15) is 5.76 Å². The molecule has 0 bridgehead atoms. The van der Waals surface area contributed by atoms with Gasteiger partial charge in [0.05, 0.1) is 22.4 Å². The first-order chi connectivity index (χ1) is 13.9. The van der Waals surface area contributed by atoms with Crippen LogP contribution in [0.5, 0.6) is 0 Å². The molecule has 154 valence electrons. The topological polar surface area (TPSA) is 88.3 Å². The fraction of sp³-hybridized carbons (Fsp3) is 0.429. The predicted octanol–water partition coefficient (Wildman–Crippen LogP) is 2.74. The Morgan fingerprint density at radius 1 is 1.21 bits per heavy atom. The monoisotopic (exact) mass is 414 g/mol. The van der Waals surface area contributed by atoms with Gasteiger partial charge in [0.2, 0.25) is 5.95 Å².